The Morgan fingerprint density at radius 2 is 2.10 bits per heavy atom. The molecule has 0 spiro atoms. The molecule has 4 nitrogen and oxygen atoms in total. The quantitative estimate of drug-likeness (QED) is 0.832. The largest absolute Gasteiger partial charge is 0.372 e. The van der Waals surface area contributed by atoms with E-state index in [4.69, 9.17) is 4.74 Å². The number of carbonyl (C=O) groups is 1. The molecule has 0 saturated heterocycles. The molecule has 1 aliphatic carbocycles. The lowest BCUT2D eigenvalue weighted by Crippen LogP contribution is -2.37. The van der Waals surface area contributed by atoms with Gasteiger partial charge in [0.1, 0.15) is 0 Å². The van der Waals surface area contributed by atoms with Crippen molar-refractivity contribution in [1.29, 1.82) is 0 Å². The number of carbonyl (C=O) groups excluding carboxylic acids is 1. The number of urea groups is 1. The average Bonchev–Trinajstić information content (AvgIpc) is 2.95. The van der Waals surface area contributed by atoms with Crippen molar-refractivity contribution in [3.8, 4) is 0 Å². The number of nitrogens with one attached hydrogen (secondary N) is 2. The minimum atomic E-state index is -0.146. The molecule has 4 heteroatoms. The summed E-state index contributed by atoms with van der Waals surface area (Å²) in [6.07, 6.45) is 6.98. The second-order valence-corrected chi connectivity index (χ2v) is 5.82. The van der Waals surface area contributed by atoms with Gasteiger partial charge in [-0.3, -0.25) is 0 Å². The van der Waals surface area contributed by atoms with Gasteiger partial charge < -0.3 is 15.4 Å². The Balaban J connectivity index is 1.57. The molecule has 1 aliphatic heterocycles. The number of anilines is 1. The van der Waals surface area contributed by atoms with Crippen molar-refractivity contribution in [1.82, 2.24) is 5.32 Å². The molecule has 1 aromatic carbocycles. The second-order valence-electron chi connectivity index (χ2n) is 5.82. The van der Waals surface area contributed by atoms with Crippen LogP contribution >= 0.6 is 0 Å². The summed E-state index contributed by atoms with van der Waals surface area (Å²) in [5, 5.41) is 5.93. The fourth-order valence-corrected chi connectivity index (χ4v) is 2.96. The van der Waals surface area contributed by atoms with Gasteiger partial charge in [0.25, 0.3) is 0 Å². The van der Waals surface area contributed by atoms with Crippen LogP contribution in [0.3, 0.4) is 0 Å². The molecule has 1 atom stereocenters. The highest BCUT2D eigenvalue weighted by Gasteiger charge is 2.15. The lowest BCUT2D eigenvalue weighted by Gasteiger charge is -2.21. The van der Waals surface area contributed by atoms with Gasteiger partial charge in [-0.15, -0.1) is 0 Å². The average molecular weight is 286 g/mol. The molecule has 1 unspecified atom stereocenters. The van der Waals surface area contributed by atoms with Crippen LogP contribution in [0.4, 0.5) is 10.5 Å². The third kappa shape index (κ3) is 3.45. The van der Waals surface area contributed by atoms with Crippen LogP contribution in [0.2, 0.25) is 0 Å². The monoisotopic (exact) mass is 286 g/mol. The first kappa shape index (κ1) is 14.1. The standard InChI is InChI=1S/C17H22N2O2/c1-12(13-5-3-2-4-6-13)18-17(20)19-16-8-7-14-10-21-11-15(14)9-16/h5,7-9,12H,2-4,6,10-11H2,1H3,(H2,18,19,20). The molecule has 3 rings (SSSR count). The number of hydrogen-bond acceptors (Lipinski definition) is 2. The summed E-state index contributed by atoms with van der Waals surface area (Å²) in [5.41, 5.74) is 4.54. The zero-order chi connectivity index (χ0) is 14.7. The molecular formula is C17H22N2O2. The Morgan fingerprint density at radius 1 is 1.24 bits per heavy atom. The van der Waals surface area contributed by atoms with Gasteiger partial charge in [-0.05, 0) is 55.9 Å². The highest BCUT2D eigenvalue weighted by atomic mass is 16.5. The van der Waals surface area contributed by atoms with E-state index in [-0.39, 0.29) is 12.1 Å². The normalized spacial score (nSPS) is 18.6. The lowest BCUT2D eigenvalue weighted by molar-refractivity contribution is 0.134. The predicted molar refractivity (Wildman–Crippen MR) is 83.1 cm³/mol. The zero-order valence-corrected chi connectivity index (χ0v) is 12.4. The fourth-order valence-electron chi connectivity index (χ4n) is 2.96. The van der Waals surface area contributed by atoms with Gasteiger partial charge in [0.2, 0.25) is 0 Å². The minimum Gasteiger partial charge on any atom is -0.372 e. The van der Waals surface area contributed by atoms with E-state index in [2.05, 4.69) is 16.7 Å². The summed E-state index contributed by atoms with van der Waals surface area (Å²) in [7, 11) is 0. The number of rotatable bonds is 3. The number of hydrogen-bond donors (Lipinski definition) is 2. The number of benzene rings is 1. The number of amides is 2. The molecule has 0 bridgehead atoms. The minimum absolute atomic E-state index is 0.100. The van der Waals surface area contributed by atoms with E-state index in [9.17, 15) is 4.79 Å². The van der Waals surface area contributed by atoms with Crippen molar-refractivity contribution < 1.29 is 9.53 Å². The molecule has 0 aromatic heterocycles. The zero-order valence-electron chi connectivity index (χ0n) is 12.4. The Morgan fingerprint density at radius 3 is 2.90 bits per heavy atom. The Hall–Kier alpha value is -1.81. The van der Waals surface area contributed by atoms with Crippen molar-refractivity contribution in [2.45, 2.75) is 51.9 Å². The number of fused-ring (bicyclic) bond motifs is 1. The van der Waals surface area contributed by atoms with E-state index in [1.54, 1.807) is 0 Å². The number of allylic oxidation sites excluding steroid dienone is 1. The van der Waals surface area contributed by atoms with Gasteiger partial charge in [-0.2, -0.15) is 0 Å². The predicted octanol–water partition coefficient (Wildman–Crippen LogP) is 3.73. The van der Waals surface area contributed by atoms with Crippen LogP contribution in [0.1, 0.15) is 43.7 Å². The summed E-state index contributed by atoms with van der Waals surface area (Å²) in [4.78, 5) is 12.1. The van der Waals surface area contributed by atoms with Crippen molar-refractivity contribution in [3.05, 3.63) is 41.0 Å². The molecule has 2 N–H and O–H groups in total. The molecule has 0 radical (unpaired) electrons. The summed E-state index contributed by atoms with van der Waals surface area (Å²) < 4.78 is 5.38. The van der Waals surface area contributed by atoms with Crippen molar-refractivity contribution in [2.24, 2.45) is 0 Å². The smallest absolute Gasteiger partial charge is 0.319 e. The van der Waals surface area contributed by atoms with E-state index < -0.39 is 0 Å². The SMILES string of the molecule is CC(NC(=O)Nc1ccc2c(c1)COC2)C1=CCCCC1. The first-order chi connectivity index (χ1) is 10.2. The van der Waals surface area contributed by atoms with Crippen LogP contribution in [0.25, 0.3) is 0 Å². The van der Waals surface area contributed by atoms with Gasteiger partial charge in [0.15, 0.2) is 0 Å². The Kier molecular flexibility index (Phi) is 4.25. The van der Waals surface area contributed by atoms with E-state index >= 15 is 0 Å². The van der Waals surface area contributed by atoms with Gasteiger partial charge >= 0.3 is 6.03 Å². The van der Waals surface area contributed by atoms with Gasteiger partial charge in [-0.25, -0.2) is 4.79 Å². The first-order valence-corrected chi connectivity index (χ1v) is 7.68. The summed E-state index contributed by atoms with van der Waals surface area (Å²) >= 11 is 0. The van der Waals surface area contributed by atoms with Gasteiger partial charge in [0.05, 0.1) is 13.2 Å². The fraction of sp³-hybridized carbons (Fsp3) is 0.471. The topological polar surface area (TPSA) is 50.4 Å². The van der Waals surface area contributed by atoms with Crippen molar-refractivity contribution in [2.75, 3.05) is 5.32 Å². The summed E-state index contributed by atoms with van der Waals surface area (Å²) in [6, 6.07) is 5.89. The molecule has 112 valence electrons. The molecule has 2 aliphatic rings. The van der Waals surface area contributed by atoms with Crippen molar-refractivity contribution >= 4 is 11.7 Å². The Bertz CT molecular complexity index is 566. The van der Waals surface area contributed by atoms with Crippen LogP contribution in [0.15, 0.2) is 29.8 Å². The molecule has 21 heavy (non-hydrogen) atoms. The molecule has 1 aromatic rings. The molecule has 0 fully saturated rings. The molecule has 0 saturated carbocycles. The third-order valence-electron chi connectivity index (χ3n) is 4.21. The maximum Gasteiger partial charge on any atom is 0.319 e. The van der Waals surface area contributed by atoms with E-state index in [0.29, 0.717) is 13.2 Å². The maximum atomic E-state index is 12.1. The lowest BCUT2D eigenvalue weighted by atomic mass is 9.95. The van der Waals surface area contributed by atoms with Crippen LogP contribution in [-0.4, -0.2) is 12.1 Å². The van der Waals surface area contributed by atoms with E-state index in [1.807, 2.05) is 25.1 Å². The van der Waals surface area contributed by atoms with Gasteiger partial charge in [-0.1, -0.05) is 17.7 Å². The van der Waals surface area contributed by atoms with Crippen LogP contribution in [-0.2, 0) is 18.0 Å². The first-order valence-electron chi connectivity index (χ1n) is 7.68. The molecule has 2 amide bonds. The summed E-state index contributed by atoms with van der Waals surface area (Å²) in [6.45, 7) is 3.36. The van der Waals surface area contributed by atoms with Crippen LogP contribution in [0.5, 0.6) is 0 Å². The second kappa shape index (κ2) is 6.31. The highest BCUT2D eigenvalue weighted by Crippen LogP contribution is 2.23. The van der Waals surface area contributed by atoms with E-state index in [0.717, 1.165) is 24.1 Å². The van der Waals surface area contributed by atoms with Crippen molar-refractivity contribution in [3.63, 3.8) is 0 Å². The number of ether oxygens (including phenoxy) is 1. The third-order valence-corrected chi connectivity index (χ3v) is 4.21. The van der Waals surface area contributed by atoms with Crippen LogP contribution in [0, 0.1) is 0 Å². The van der Waals surface area contributed by atoms with Gasteiger partial charge in [0, 0.05) is 11.7 Å². The molecule has 1 heterocycles. The van der Waals surface area contributed by atoms with E-state index in [1.165, 1.54) is 24.0 Å². The maximum absolute atomic E-state index is 12.1. The summed E-state index contributed by atoms with van der Waals surface area (Å²) in [5.74, 6) is 0. The molecular weight excluding hydrogens is 264 g/mol. The van der Waals surface area contributed by atoms with Crippen LogP contribution < -0.4 is 10.6 Å². The Labute approximate surface area is 125 Å². The highest BCUT2D eigenvalue weighted by molar-refractivity contribution is 5.89.